The van der Waals surface area contributed by atoms with E-state index >= 15 is 0 Å². The third kappa shape index (κ3) is 2.78. The fourth-order valence-electron chi connectivity index (χ4n) is 2.04. The summed E-state index contributed by atoms with van der Waals surface area (Å²) in [5.41, 5.74) is 13.0. The van der Waals surface area contributed by atoms with Crippen LogP contribution in [-0.4, -0.2) is 18.5 Å². The van der Waals surface area contributed by atoms with E-state index in [0.717, 1.165) is 24.0 Å². The Labute approximate surface area is 104 Å². The molecule has 0 saturated carbocycles. The Bertz CT molecular complexity index is 487. The zero-order valence-electron chi connectivity index (χ0n) is 9.81. The topological polar surface area (TPSA) is 107 Å². The van der Waals surface area contributed by atoms with E-state index in [1.54, 1.807) is 6.07 Å². The molecule has 0 aliphatic heterocycles. The Morgan fingerprint density at radius 1 is 1.44 bits per heavy atom. The summed E-state index contributed by atoms with van der Waals surface area (Å²) in [6, 6.07) is 4.76. The van der Waals surface area contributed by atoms with Gasteiger partial charge in [0.25, 0.3) is 5.91 Å². The standard InChI is InChI=1S/C12H15N3O3/c13-10-4-1-7-5-8(2-3-9(7)10)18-6-11(16)15-12(14)17/h2-3,5,10H,1,4,6,13H2,(H3,14,15,16,17)/t10-/m0/s1. The van der Waals surface area contributed by atoms with E-state index in [4.69, 9.17) is 16.2 Å². The van der Waals surface area contributed by atoms with Crippen LogP contribution in [0.2, 0.25) is 0 Å². The third-order valence-corrected chi connectivity index (χ3v) is 2.87. The number of rotatable bonds is 3. The van der Waals surface area contributed by atoms with Crippen molar-refractivity contribution >= 4 is 11.9 Å². The van der Waals surface area contributed by atoms with Crippen LogP contribution in [0.15, 0.2) is 18.2 Å². The number of imide groups is 1. The summed E-state index contributed by atoms with van der Waals surface area (Å²) >= 11 is 0. The van der Waals surface area contributed by atoms with E-state index in [0.29, 0.717) is 5.75 Å². The van der Waals surface area contributed by atoms with Gasteiger partial charge in [0.2, 0.25) is 0 Å². The van der Waals surface area contributed by atoms with Gasteiger partial charge >= 0.3 is 6.03 Å². The van der Waals surface area contributed by atoms with E-state index in [9.17, 15) is 9.59 Å². The number of carbonyl (C=O) groups excluding carboxylic acids is 2. The lowest BCUT2D eigenvalue weighted by molar-refractivity contribution is -0.121. The molecule has 1 aliphatic carbocycles. The van der Waals surface area contributed by atoms with Crippen LogP contribution in [-0.2, 0) is 11.2 Å². The molecular weight excluding hydrogens is 234 g/mol. The number of nitrogens with one attached hydrogen (secondary N) is 1. The van der Waals surface area contributed by atoms with Gasteiger partial charge in [0, 0.05) is 6.04 Å². The number of carbonyl (C=O) groups is 2. The summed E-state index contributed by atoms with van der Waals surface area (Å²) < 4.78 is 5.27. The van der Waals surface area contributed by atoms with Crippen LogP contribution in [0.3, 0.4) is 0 Å². The monoisotopic (exact) mass is 249 g/mol. The number of ether oxygens (including phenoxy) is 1. The molecule has 0 heterocycles. The van der Waals surface area contributed by atoms with Gasteiger partial charge in [0.1, 0.15) is 5.75 Å². The molecule has 96 valence electrons. The molecule has 0 aromatic heterocycles. The Hall–Kier alpha value is -2.08. The normalized spacial score (nSPS) is 17.1. The summed E-state index contributed by atoms with van der Waals surface area (Å²) in [7, 11) is 0. The van der Waals surface area contributed by atoms with Gasteiger partial charge < -0.3 is 16.2 Å². The van der Waals surface area contributed by atoms with E-state index < -0.39 is 11.9 Å². The summed E-state index contributed by atoms with van der Waals surface area (Å²) in [4.78, 5) is 21.6. The zero-order chi connectivity index (χ0) is 13.1. The molecule has 18 heavy (non-hydrogen) atoms. The number of hydrogen-bond donors (Lipinski definition) is 3. The van der Waals surface area contributed by atoms with Gasteiger partial charge in [-0.3, -0.25) is 10.1 Å². The Morgan fingerprint density at radius 2 is 2.22 bits per heavy atom. The molecule has 0 unspecified atom stereocenters. The van der Waals surface area contributed by atoms with E-state index in [1.165, 1.54) is 0 Å². The number of amides is 3. The van der Waals surface area contributed by atoms with Crippen molar-refractivity contribution in [3.8, 4) is 5.75 Å². The second-order valence-electron chi connectivity index (χ2n) is 4.21. The third-order valence-electron chi connectivity index (χ3n) is 2.87. The van der Waals surface area contributed by atoms with Crippen LogP contribution < -0.4 is 21.5 Å². The lowest BCUT2D eigenvalue weighted by atomic mass is 10.1. The Morgan fingerprint density at radius 3 is 2.94 bits per heavy atom. The first-order chi connectivity index (χ1) is 8.56. The SMILES string of the molecule is NC(=O)NC(=O)COc1ccc2c(c1)CC[C@@H]2N. The van der Waals surface area contributed by atoms with Gasteiger partial charge in [0.15, 0.2) is 6.61 Å². The molecule has 1 aromatic carbocycles. The summed E-state index contributed by atoms with van der Waals surface area (Å²) in [5, 5.41) is 1.93. The highest BCUT2D eigenvalue weighted by Gasteiger charge is 2.19. The minimum atomic E-state index is -0.886. The summed E-state index contributed by atoms with van der Waals surface area (Å²) in [5.74, 6) is 0.0159. The van der Waals surface area contributed by atoms with Crippen LogP contribution in [0.4, 0.5) is 4.79 Å². The van der Waals surface area contributed by atoms with Crippen molar-refractivity contribution in [3.63, 3.8) is 0 Å². The second-order valence-corrected chi connectivity index (χ2v) is 4.21. The molecular formula is C12H15N3O3. The highest BCUT2D eigenvalue weighted by molar-refractivity contribution is 5.94. The van der Waals surface area contributed by atoms with Crippen molar-refractivity contribution in [1.29, 1.82) is 0 Å². The van der Waals surface area contributed by atoms with Crippen molar-refractivity contribution in [2.45, 2.75) is 18.9 Å². The first kappa shape index (κ1) is 12.4. The molecule has 1 atom stereocenters. The maximum atomic E-state index is 11.2. The van der Waals surface area contributed by atoms with Gasteiger partial charge in [-0.05, 0) is 36.1 Å². The van der Waals surface area contributed by atoms with E-state index in [1.807, 2.05) is 17.4 Å². The number of urea groups is 1. The Kier molecular flexibility index (Phi) is 3.47. The number of aryl methyl sites for hydroxylation is 1. The zero-order valence-corrected chi connectivity index (χ0v) is 9.81. The number of benzene rings is 1. The summed E-state index contributed by atoms with van der Waals surface area (Å²) in [6.07, 6.45) is 1.85. The van der Waals surface area contributed by atoms with Gasteiger partial charge in [-0.25, -0.2) is 4.79 Å². The molecule has 2 rings (SSSR count). The molecule has 0 saturated heterocycles. The predicted octanol–water partition coefficient (Wildman–Crippen LogP) is 0.206. The van der Waals surface area contributed by atoms with E-state index in [-0.39, 0.29) is 12.6 Å². The molecule has 6 heteroatoms. The van der Waals surface area contributed by atoms with E-state index in [2.05, 4.69) is 0 Å². The second kappa shape index (κ2) is 5.05. The lowest BCUT2D eigenvalue weighted by Gasteiger charge is -2.08. The van der Waals surface area contributed by atoms with Crippen LogP contribution in [0.1, 0.15) is 23.6 Å². The smallest absolute Gasteiger partial charge is 0.318 e. The highest BCUT2D eigenvalue weighted by Crippen LogP contribution is 2.31. The average molecular weight is 249 g/mol. The minimum absolute atomic E-state index is 0.0900. The van der Waals surface area contributed by atoms with Gasteiger partial charge in [0.05, 0.1) is 0 Å². The molecule has 0 fully saturated rings. The van der Waals surface area contributed by atoms with Crippen molar-refractivity contribution < 1.29 is 14.3 Å². The molecule has 1 aliphatic rings. The molecule has 5 N–H and O–H groups in total. The highest BCUT2D eigenvalue weighted by atomic mass is 16.5. The largest absolute Gasteiger partial charge is 0.484 e. The first-order valence-corrected chi connectivity index (χ1v) is 5.67. The maximum Gasteiger partial charge on any atom is 0.318 e. The van der Waals surface area contributed by atoms with Gasteiger partial charge in [-0.15, -0.1) is 0 Å². The molecule has 0 bridgehead atoms. The van der Waals surface area contributed by atoms with Gasteiger partial charge in [-0.2, -0.15) is 0 Å². The lowest BCUT2D eigenvalue weighted by Crippen LogP contribution is -2.38. The fraction of sp³-hybridized carbons (Fsp3) is 0.333. The number of hydrogen-bond acceptors (Lipinski definition) is 4. The Balaban J connectivity index is 1.95. The number of nitrogens with two attached hydrogens (primary N) is 2. The van der Waals surface area contributed by atoms with Crippen LogP contribution in [0, 0.1) is 0 Å². The fourth-order valence-corrected chi connectivity index (χ4v) is 2.04. The molecule has 6 nitrogen and oxygen atoms in total. The quantitative estimate of drug-likeness (QED) is 0.711. The minimum Gasteiger partial charge on any atom is -0.484 e. The average Bonchev–Trinajstić information content (AvgIpc) is 2.67. The molecule has 1 aromatic rings. The van der Waals surface area contributed by atoms with Crippen molar-refractivity contribution in [1.82, 2.24) is 5.32 Å². The molecule has 0 radical (unpaired) electrons. The van der Waals surface area contributed by atoms with Crippen molar-refractivity contribution in [2.24, 2.45) is 11.5 Å². The predicted molar refractivity (Wildman–Crippen MR) is 64.9 cm³/mol. The molecule has 0 spiro atoms. The number of fused-ring (bicyclic) bond motifs is 1. The first-order valence-electron chi connectivity index (χ1n) is 5.67. The van der Waals surface area contributed by atoms with Crippen molar-refractivity contribution in [3.05, 3.63) is 29.3 Å². The van der Waals surface area contributed by atoms with Crippen LogP contribution in [0.25, 0.3) is 0 Å². The molecule has 3 amide bonds. The van der Waals surface area contributed by atoms with Gasteiger partial charge in [-0.1, -0.05) is 6.07 Å². The summed E-state index contributed by atoms with van der Waals surface area (Å²) in [6.45, 7) is -0.242. The van der Waals surface area contributed by atoms with Crippen molar-refractivity contribution in [2.75, 3.05) is 6.61 Å². The maximum absolute atomic E-state index is 11.2. The van der Waals surface area contributed by atoms with Crippen LogP contribution >= 0.6 is 0 Å². The number of primary amides is 1. The van der Waals surface area contributed by atoms with Crippen LogP contribution in [0.5, 0.6) is 5.75 Å².